The molecule has 1 aliphatic heterocycles. The lowest BCUT2D eigenvalue weighted by Gasteiger charge is -2.13. The molecular formula is C13H19N3O. The van der Waals surface area contributed by atoms with Gasteiger partial charge in [0.1, 0.15) is 0 Å². The highest BCUT2D eigenvalue weighted by molar-refractivity contribution is 6.01. The number of carbonyl (C=O) groups is 1. The van der Waals surface area contributed by atoms with Gasteiger partial charge in [-0.25, -0.2) is 4.98 Å². The van der Waals surface area contributed by atoms with Crippen LogP contribution in [0, 0.1) is 5.92 Å². The molecule has 0 spiro atoms. The standard InChI is InChI=1S/C13H19N3O/c1-5-8(4)9-6-14-12-11(15-9)10(7(2)3)13(17)16-12/h6-8,10H,5H2,1-4H3,(H,14,16,17). The van der Waals surface area contributed by atoms with Crippen LogP contribution in [0.1, 0.15) is 57.3 Å². The van der Waals surface area contributed by atoms with E-state index in [1.807, 2.05) is 13.8 Å². The lowest BCUT2D eigenvalue weighted by Crippen LogP contribution is -2.17. The van der Waals surface area contributed by atoms with Crippen molar-refractivity contribution in [3.63, 3.8) is 0 Å². The molecule has 0 saturated carbocycles. The van der Waals surface area contributed by atoms with Crippen molar-refractivity contribution >= 4 is 11.7 Å². The summed E-state index contributed by atoms with van der Waals surface area (Å²) in [5, 5.41) is 2.80. The molecule has 0 saturated heterocycles. The number of aromatic nitrogens is 2. The molecular weight excluding hydrogens is 214 g/mol. The van der Waals surface area contributed by atoms with Crippen LogP contribution in [0.25, 0.3) is 0 Å². The number of hydrogen-bond acceptors (Lipinski definition) is 3. The second-order valence-corrected chi connectivity index (χ2v) is 5.05. The molecule has 2 unspecified atom stereocenters. The van der Waals surface area contributed by atoms with Crippen molar-refractivity contribution in [1.29, 1.82) is 0 Å². The average molecular weight is 233 g/mol. The maximum atomic E-state index is 11.8. The molecule has 0 bridgehead atoms. The quantitative estimate of drug-likeness (QED) is 0.873. The molecule has 2 atom stereocenters. The second kappa shape index (κ2) is 4.43. The molecule has 1 amide bonds. The Morgan fingerprint density at radius 1 is 1.41 bits per heavy atom. The fourth-order valence-corrected chi connectivity index (χ4v) is 2.11. The van der Waals surface area contributed by atoms with Gasteiger partial charge in [-0.3, -0.25) is 9.78 Å². The van der Waals surface area contributed by atoms with E-state index < -0.39 is 0 Å². The molecule has 0 fully saturated rings. The van der Waals surface area contributed by atoms with Crippen molar-refractivity contribution in [1.82, 2.24) is 9.97 Å². The zero-order valence-electron chi connectivity index (χ0n) is 10.8. The summed E-state index contributed by atoms with van der Waals surface area (Å²) in [5.74, 6) is 1.15. The van der Waals surface area contributed by atoms with Gasteiger partial charge in [-0.15, -0.1) is 0 Å². The number of fused-ring (bicyclic) bond motifs is 1. The first-order chi connectivity index (χ1) is 8.04. The first-order valence-corrected chi connectivity index (χ1v) is 6.22. The van der Waals surface area contributed by atoms with Crippen LogP contribution in [0.5, 0.6) is 0 Å². The number of hydrogen-bond donors (Lipinski definition) is 1. The van der Waals surface area contributed by atoms with Crippen molar-refractivity contribution in [2.45, 2.75) is 46.0 Å². The molecule has 0 radical (unpaired) electrons. The largest absolute Gasteiger partial charge is 0.309 e. The molecule has 0 aromatic carbocycles. The number of nitrogens with zero attached hydrogens (tertiary/aromatic N) is 2. The number of anilines is 1. The van der Waals surface area contributed by atoms with E-state index in [0.717, 1.165) is 17.8 Å². The van der Waals surface area contributed by atoms with E-state index in [4.69, 9.17) is 0 Å². The molecule has 0 aliphatic carbocycles. The second-order valence-electron chi connectivity index (χ2n) is 5.05. The maximum Gasteiger partial charge on any atom is 0.235 e. The van der Waals surface area contributed by atoms with Crippen LogP contribution < -0.4 is 5.32 Å². The zero-order chi connectivity index (χ0) is 12.6. The molecule has 1 aromatic rings. The van der Waals surface area contributed by atoms with Crippen molar-refractivity contribution < 1.29 is 4.79 Å². The van der Waals surface area contributed by atoms with Crippen molar-refractivity contribution in [2.75, 3.05) is 5.32 Å². The molecule has 1 aliphatic rings. The Morgan fingerprint density at radius 2 is 2.12 bits per heavy atom. The molecule has 92 valence electrons. The average Bonchev–Trinajstić information content (AvgIpc) is 2.62. The lowest BCUT2D eigenvalue weighted by molar-refractivity contribution is -0.117. The monoisotopic (exact) mass is 233 g/mol. The SMILES string of the molecule is CCC(C)c1cnc2c(n1)C(C(C)C)C(=O)N2. The fourth-order valence-electron chi connectivity index (χ4n) is 2.11. The summed E-state index contributed by atoms with van der Waals surface area (Å²) in [6, 6.07) is 0. The smallest absolute Gasteiger partial charge is 0.235 e. The van der Waals surface area contributed by atoms with Gasteiger partial charge in [0.15, 0.2) is 5.82 Å². The van der Waals surface area contributed by atoms with Crippen LogP contribution >= 0.6 is 0 Å². The third-order valence-corrected chi connectivity index (χ3v) is 3.42. The summed E-state index contributed by atoms with van der Waals surface area (Å²) in [4.78, 5) is 20.8. The predicted molar refractivity (Wildman–Crippen MR) is 66.9 cm³/mol. The van der Waals surface area contributed by atoms with Crippen molar-refractivity contribution in [3.8, 4) is 0 Å². The minimum Gasteiger partial charge on any atom is -0.309 e. The minimum atomic E-state index is -0.151. The highest BCUT2D eigenvalue weighted by atomic mass is 16.2. The third-order valence-electron chi connectivity index (χ3n) is 3.42. The summed E-state index contributed by atoms with van der Waals surface area (Å²) in [6.07, 6.45) is 2.80. The number of amides is 1. The molecule has 2 rings (SSSR count). The molecule has 4 heteroatoms. The van der Waals surface area contributed by atoms with Crippen molar-refractivity contribution in [3.05, 3.63) is 17.6 Å². The van der Waals surface area contributed by atoms with Crippen LogP contribution in [0.15, 0.2) is 6.20 Å². The Labute approximate surface area is 102 Å². The Balaban J connectivity index is 2.41. The highest BCUT2D eigenvalue weighted by Crippen LogP contribution is 2.35. The van der Waals surface area contributed by atoms with Gasteiger partial charge in [-0.1, -0.05) is 27.7 Å². The van der Waals surface area contributed by atoms with Crippen molar-refractivity contribution in [2.24, 2.45) is 5.92 Å². The van der Waals surface area contributed by atoms with Crippen LogP contribution in [0.4, 0.5) is 5.82 Å². The van der Waals surface area contributed by atoms with Crippen LogP contribution in [0.3, 0.4) is 0 Å². The van der Waals surface area contributed by atoms with Crippen LogP contribution in [-0.2, 0) is 4.79 Å². The Bertz CT molecular complexity index is 442. The summed E-state index contributed by atoms with van der Waals surface area (Å²) >= 11 is 0. The van der Waals surface area contributed by atoms with Gasteiger partial charge >= 0.3 is 0 Å². The molecule has 1 aromatic heterocycles. The maximum absolute atomic E-state index is 11.8. The normalized spacial score (nSPS) is 20.3. The van der Waals surface area contributed by atoms with E-state index in [-0.39, 0.29) is 17.7 Å². The van der Waals surface area contributed by atoms with E-state index in [1.54, 1.807) is 6.20 Å². The molecule has 2 heterocycles. The van der Waals surface area contributed by atoms with E-state index in [1.165, 1.54) is 0 Å². The Kier molecular flexibility index (Phi) is 3.13. The van der Waals surface area contributed by atoms with Gasteiger partial charge in [-0.05, 0) is 18.3 Å². The summed E-state index contributed by atoms with van der Waals surface area (Å²) in [5.41, 5.74) is 1.80. The van der Waals surface area contributed by atoms with Gasteiger partial charge < -0.3 is 5.32 Å². The van der Waals surface area contributed by atoms with E-state index in [2.05, 4.69) is 29.1 Å². The van der Waals surface area contributed by atoms with E-state index in [9.17, 15) is 4.79 Å². The van der Waals surface area contributed by atoms with Gasteiger partial charge in [0.05, 0.1) is 23.5 Å². The number of nitrogens with one attached hydrogen (secondary N) is 1. The van der Waals surface area contributed by atoms with Crippen LogP contribution in [-0.4, -0.2) is 15.9 Å². The fraction of sp³-hybridized carbons (Fsp3) is 0.615. The first kappa shape index (κ1) is 12.0. The van der Waals surface area contributed by atoms with Gasteiger partial charge in [0.2, 0.25) is 5.91 Å². The number of carbonyl (C=O) groups excluding carboxylic acids is 1. The van der Waals surface area contributed by atoms with Gasteiger partial charge in [-0.2, -0.15) is 0 Å². The summed E-state index contributed by atoms with van der Waals surface area (Å²) in [6.45, 7) is 8.34. The molecule has 4 nitrogen and oxygen atoms in total. The topological polar surface area (TPSA) is 54.9 Å². The molecule has 17 heavy (non-hydrogen) atoms. The third kappa shape index (κ3) is 2.04. The first-order valence-electron chi connectivity index (χ1n) is 6.22. The minimum absolute atomic E-state index is 0.0244. The Hall–Kier alpha value is -1.45. The molecule has 1 N–H and O–H groups in total. The van der Waals surface area contributed by atoms with Gasteiger partial charge in [0, 0.05) is 0 Å². The zero-order valence-corrected chi connectivity index (χ0v) is 10.8. The van der Waals surface area contributed by atoms with Gasteiger partial charge in [0.25, 0.3) is 0 Å². The summed E-state index contributed by atoms with van der Waals surface area (Å²) in [7, 11) is 0. The predicted octanol–water partition coefficient (Wildman–Crippen LogP) is 2.68. The lowest BCUT2D eigenvalue weighted by atomic mass is 9.93. The Morgan fingerprint density at radius 3 is 2.71 bits per heavy atom. The highest BCUT2D eigenvalue weighted by Gasteiger charge is 2.35. The van der Waals surface area contributed by atoms with E-state index in [0.29, 0.717) is 11.7 Å². The number of rotatable bonds is 3. The van der Waals surface area contributed by atoms with E-state index >= 15 is 0 Å². The van der Waals surface area contributed by atoms with Crippen LogP contribution in [0.2, 0.25) is 0 Å². The summed E-state index contributed by atoms with van der Waals surface area (Å²) < 4.78 is 0.